The molecule has 0 radical (unpaired) electrons. The molecule has 2 amide bonds. The molecule has 0 aromatic heterocycles. The first-order valence-electron chi connectivity index (χ1n) is 13.5. The van der Waals surface area contributed by atoms with E-state index in [0.717, 1.165) is 4.31 Å². The Morgan fingerprint density at radius 3 is 2.10 bits per heavy atom. The van der Waals surface area contributed by atoms with E-state index in [1.807, 2.05) is 34.6 Å². The normalized spacial score (nSPS) is 12.3. The smallest absolute Gasteiger partial charge is 0.264 e. The Balaban J connectivity index is 2.07. The molecule has 0 spiro atoms. The molecule has 3 rings (SSSR count). The van der Waals surface area contributed by atoms with E-state index < -0.39 is 34.1 Å². The fraction of sp³-hybridized carbons (Fsp3) is 0.355. The van der Waals surface area contributed by atoms with Gasteiger partial charge >= 0.3 is 0 Å². The highest BCUT2D eigenvalue weighted by atomic mass is 35.5. The third kappa shape index (κ3) is 8.47. The third-order valence-electron chi connectivity index (χ3n) is 6.23. The molecule has 1 atom stereocenters. The molecule has 0 saturated carbocycles. The number of nitrogens with zero attached hydrogens (tertiary/aromatic N) is 2. The van der Waals surface area contributed by atoms with Gasteiger partial charge in [-0.25, -0.2) is 8.42 Å². The molecule has 1 unspecified atom stereocenters. The molecule has 8 nitrogen and oxygen atoms in total. The Labute approximate surface area is 248 Å². The van der Waals surface area contributed by atoms with Gasteiger partial charge in [0.05, 0.1) is 17.2 Å². The Bertz CT molecular complexity index is 1420. The number of benzene rings is 3. The van der Waals surface area contributed by atoms with E-state index in [0.29, 0.717) is 29.4 Å². The highest BCUT2D eigenvalue weighted by Crippen LogP contribution is 2.27. The average Bonchev–Trinajstić information content (AvgIpc) is 2.92. The maximum absolute atomic E-state index is 14.1. The number of halogens is 1. The second kappa shape index (κ2) is 13.9. The minimum Gasteiger partial charge on any atom is -0.494 e. The summed E-state index contributed by atoms with van der Waals surface area (Å²) < 4.78 is 34.4. The monoisotopic (exact) mass is 599 g/mol. The Morgan fingerprint density at radius 1 is 0.927 bits per heavy atom. The number of anilines is 1. The van der Waals surface area contributed by atoms with Crippen molar-refractivity contribution in [3.63, 3.8) is 0 Å². The molecular weight excluding hydrogens is 562 g/mol. The van der Waals surface area contributed by atoms with Gasteiger partial charge in [-0.1, -0.05) is 54.9 Å². The molecule has 0 aliphatic rings. The number of rotatable bonds is 12. The first kappa shape index (κ1) is 32.0. The summed E-state index contributed by atoms with van der Waals surface area (Å²) in [6, 6.07) is 20.6. The molecule has 0 heterocycles. The van der Waals surface area contributed by atoms with E-state index in [-0.39, 0.29) is 23.0 Å². The lowest BCUT2D eigenvalue weighted by Gasteiger charge is -2.35. The summed E-state index contributed by atoms with van der Waals surface area (Å²) in [5.41, 5.74) is 0.396. The van der Waals surface area contributed by atoms with Crippen LogP contribution in [0, 0.1) is 0 Å². The first-order chi connectivity index (χ1) is 19.4. The summed E-state index contributed by atoms with van der Waals surface area (Å²) in [7, 11) is -4.15. The molecule has 0 saturated heterocycles. The maximum Gasteiger partial charge on any atom is 0.264 e. The van der Waals surface area contributed by atoms with Gasteiger partial charge < -0.3 is 15.0 Å². The predicted molar refractivity (Wildman–Crippen MR) is 163 cm³/mol. The number of sulfonamides is 1. The van der Waals surface area contributed by atoms with E-state index in [9.17, 15) is 18.0 Å². The van der Waals surface area contributed by atoms with Crippen LogP contribution in [0.15, 0.2) is 83.8 Å². The summed E-state index contributed by atoms with van der Waals surface area (Å²) in [5, 5.41) is 3.39. The van der Waals surface area contributed by atoms with Gasteiger partial charge in [-0.2, -0.15) is 0 Å². The van der Waals surface area contributed by atoms with Crippen LogP contribution in [-0.2, 0) is 26.2 Å². The van der Waals surface area contributed by atoms with E-state index in [1.54, 1.807) is 66.7 Å². The van der Waals surface area contributed by atoms with Gasteiger partial charge in [-0.3, -0.25) is 13.9 Å². The van der Waals surface area contributed by atoms with E-state index in [1.165, 1.54) is 17.0 Å². The minimum absolute atomic E-state index is 0.0249. The predicted octanol–water partition coefficient (Wildman–Crippen LogP) is 5.66. The van der Waals surface area contributed by atoms with Crippen molar-refractivity contribution < 1.29 is 22.7 Å². The lowest BCUT2D eigenvalue weighted by atomic mass is 10.1. The van der Waals surface area contributed by atoms with Gasteiger partial charge in [0.15, 0.2) is 0 Å². The molecule has 0 fully saturated rings. The molecule has 0 aliphatic carbocycles. The quantitative estimate of drug-likeness (QED) is 0.290. The second-order valence-corrected chi connectivity index (χ2v) is 12.8. The number of hydrogen-bond acceptors (Lipinski definition) is 5. The number of nitrogens with one attached hydrogen (secondary N) is 1. The number of carbonyl (C=O) groups excluding carboxylic acids is 2. The Hall–Kier alpha value is -3.56. The van der Waals surface area contributed by atoms with Crippen molar-refractivity contribution in [2.24, 2.45) is 0 Å². The van der Waals surface area contributed by atoms with Crippen LogP contribution in [0.4, 0.5) is 5.69 Å². The average molecular weight is 600 g/mol. The third-order valence-corrected chi connectivity index (χ3v) is 8.39. The van der Waals surface area contributed by atoms with E-state index in [4.69, 9.17) is 16.3 Å². The molecule has 0 bridgehead atoms. The molecule has 10 heteroatoms. The fourth-order valence-electron chi connectivity index (χ4n) is 4.31. The van der Waals surface area contributed by atoms with E-state index >= 15 is 0 Å². The SMILES string of the molecule is CCOc1ccc(N(CC(=O)N(Cc2ccccc2Cl)C(CC)C(=O)NC(C)(C)C)S(=O)(=O)c2ccccc2)cc1. The topological polar surface area (TPSA) is 96.0 Å². The Morgan fingerprint density at radius 2 is 1.54 bits per heavy atom. The molecular formula is C31H38ClN3O5S. The lowest BCUT2D eigenvalue weighted by molar-refractivity contribution is -0.141. The van der Waals surface area contributed by atoms with Crippen molar-refractivity contribution in [3.8, 4) is 5.75 Å². The highest BCUT2D eigenvalue weighted by Gasteiger charge is 2.34. The molecule has 41 heavy (non-hydrogen) atoms. The number of hydrogen-bond donors (Lipinski definition) is 1. The van der Waals surface area contributed by atoms with Crippen molar-refractivity contribution in [1.29, 1.82) is 0 Å². The van der Waals surface area contributed by atoms with Crippen LogP contribution in [0.25, 0.3) is 0 Å². The minimum atomic E-state index is -4.15. The van der Waals surface area contributed by atoms with Crippen molar-refractivity contribution in [2.75, 3.05) is 17.5 Å². The van der Waals surface area contributed by atoms with Crippen molar-refractivity contribution in [3.05, 3.63) is 89.4 Å². The van der Waals surface area contributed by atoms with Gasteiger partial charge in [0.1, 0.15) is 18.3 Å². The maximum atomic E-state index is 14.1. The summed E-state index contributed by atoms with van der Waals surface area (Å²) >= 11 is 6.44. The van der Waals surface area contributed by atoms with Gasteiger partial charge in [-0.05, 0) is 82.1 Å². The number of amides is 2. The zero-order valence-corrected chi connectivity index (χ0v) is 25.7. The fourth-order valence-corrected chi connectivity index (χ4v) is 5.94. The Kier molecular flexibility index (Phi) is 10.8. The van der Waals surface area contributed by atoms with Gasteiger partial charge in [0, 0.05) is 17.1 Å². The van der Waals surface area contributed by atoms with Crippen molar-refractivity contribution >= 4 is 39.1 Å². The van der Waals surface area contributed by atoms with Crippen LogP contribution < -0.4 is 14.4 Å². The number of carbonyl (C=O) groups is 2. The summed E-state index contributed by atoms with van der Waals surface area (Å²) in [4.78, 5) is 29.0. The van der Waals surface area contributed by atoms with Gasteiger partial charge in [0.2, 0.25) is 11.8 Å². The highest BCUT2D eigenvalue weighted by molar-refractivity contribution is 7.92. The summed E-state index contributed by atoms with van der Waals surface area (Å²) in [6.07, 6.45) is 0.312. The summed E-state index contributed by atoms with van der Waals surface area (Å²) in [6.45, 7) is 9.19. The molecule has 3 aromatic carbocycles. The van der Waals surface area contributed by atoms with Gasteiger partial charge in [0.25, 0.3) is 10.0 Å². The zero-order valence-electron chi connectivity index (χ0n) is 24.1. The zero-order chi connectivity index (χ0) is 30.2. The summed E-state index contributed by atoms with van der Waals surface area (Å²) in [5.74, 6) is -0.307. The van der Waals surface area contributed by atoms with Crippen LogP contribution in [-0.4, -0.2) is 49.9 Å². The van der Waals surface area contributed by atoms with Gasteiger partial charge in [-0.15, -0.1) is 0 Å². The number of ether oxygens (including phenoxy) is 1. The van der Waals surface area contributed by atoms with Crippen LogP contribution >= 0.6 is 11.6 Å². The largest absolute Gasteiger partial charge is 0.494 e. The molecule has 3 aromatic rings. The van der Waals surface area contributed by atoms with E-state index in [2.05, 4.69) is 5.32 Å². The molecule has 0 aliphatic heterocycles. The standard InChI is InChI=1S/C31H38ClN3O5S/c1-6-28(30(37)33-31(3,4)5)34(21-23-13-11-12-16-27(23)32)29(36)22-35(24-17-19-25(20-18-24)40-7-2)41(38,39)26-14-9-8-10-15-26/h8-20,28H,6-7,21-22H2,1-5H3,(H,33,37). The van der Waals surface area contributed by atoms with Crippen LogP contribution in [0.3, 0.4) is 0 Å². The first-order valence-corrected chi connectivity index (χ1v) is 15.3. The molecule has 220 valence electrons. The van der Waals surface area contributed by atoms with Crippen LogP contribution in [0.2, 0.25) is 5.02 Å². The van der Waals surface area contributed by atoms with Crippen LogP contribution in [0.5, 0.6) is 5.75 Å². The van der Waals surface area contributed by atoms with Crippen LogP contribution in [0.1, 0.15) is 46.6 Å². The molecule has 1 N–H and O–H groups in total. The second-order valence-electron chi connectivity index (χ2n) is 10.5. The van der Waals surface area contributed by atoms with Crippen molar-refractivity contribution in [1.82, 2.24) is 10.2 Å². The van der Waals surface area contributed by atoms with Crippen molar-refractivity contribution in [2.45, 2.75) is 64.1 Å². The lowest BCUT2D eigenvalue weighted by Crippen LogP contribution is -2.55.